The van der Waals surface area contributed by atoms with E-state index in [1.165, 1.54) is 6.42 Å². The summed E-state index contributed by atoms with van der Waals surface area (Å²) >= 11 is 0. The van der Waals surface area contributed by atoms with E-state index in [-0.39, 0.29) is 36.0 Å². The van der Waals surface area contributed by atoms with Crippen molar-refractivity contribution in [3.05, 3.63) is 11.3 Å². The van der Waals surface area contributed by atoms with Crippen LogP contribution in [-0.2, 0) is 11.8 Å². The fourth-order valence-corrected chi connectivity index (χ4v) is 4.09. The first-order valence-corrected chi connectivity index (χ1v) is 9.71. The van der Waals surface area contributed by atoms with Gasteiger partial charge in [0.05, 0.1) is 5.69 Å². The van der Waals surface area contributed by atoms with Crippen molar-refractivity contribution in [2.45, 2.75) is 84.0 Å². The van der Waals surface area contributed by atoms with Crippen LogP contribution in [0.1, 0.15) is 89.3 Å². The van der Waals surface area contributed by atoms with Crippen molar-refractivity contribution < 1.29 is 13.6 Å². The lowest BCUT2D eigenvalue weighted by Crippen LogP contribution is -2.38. The van der Waals surface area contributed by atoms with Gasteiger partial charge in [0.25, 0.3) is 0 Å². The van der Waals surface area contributed by atoms with Crippen LogP contribution in [0.5, 0.6) is 0 Å². The molecule has 2 aliphatic rings. The smallest absolute Gasteiger partial charge is 0.248 e. The van der Waals surface area contributed by atoms with Crippen LogP contribution in [0.25, 0.3) is 0 Å². The molecule has 26 heavy (non-hydrogen) atoms. The van der Waals surface area contributed by atoms with Crippen molar-refractivity contribution in [2.75, 3.05) is 5.32 Å². The van der Waals surface area contributed by atoms with Gasteiger partial charge in [-0.25, -0.2) is 8.78 Å². The zero-order chi connectivity index (χ0) is 19.3. The highest BCUT2D eigenvalue weighted by atomic mass is 19.3. The maximum absolute atomic E-state index is 13.3. The molecule has 1 amide bonds. The maximum atomic E-state index is 13.3. The minimum absolute atomic E-state index is 0.00954. The monoisotopic (exact) mass is 367 g/mol. The molecule has 0 spiro atoms. The van der Waals surface area contributed by atoms with Gasteiger partial charge in [0.15, 0.2) is 0 Å². The number of nitrogens with one attached hydrogen (secondary N) is 1. The summed E-state index contributed by atoms with van der Waals surface area (Å²) in [5, 5.41) is 7.74. The van der Waals surface area contributed by atoms with Gasteiger partial charge >= 0.3 is 0 Å². The molecule has 3 rings (SSSR count). The molecule has 0 unspecified atom stereocenters. The van der Waals surface area contributed by atoms with E-state index in [0.717, 1.165) is 29.9 Å². The molecule has 2 saturated carbocycles. The molecule has 1 aromatic rings. The third-order valence-electron chi connectivity index (χ3n) is 5.83. The molecule has 0 bridgehead atoms. The first kappa shape index (κ1) is 19.3. The van der Waals surface area contributed by atoms with Crippen LogP contribution in [-0.4, -0.2) is 21.6 Å². The highest BCUT2D eigenvalue weighted by molar-refractivity contribution is 5.91. The fraction of sp³-hybridized carbons (Fsp3) is 0.800. The molecule has 1 atom stereocenters. The molecular formula is C20H31F2N3O. The van der Waals surface area contributed by atoms with Crippen LogP contribution >= 0.6 is 0 Å². The Bertz CT molecular complexity index is 678. The maximum Gasteiger partial charge on any atom is 0.248 e. The molecule has 2 fully saturated rings. The van der Waals surface area contributed by atoms with E-state index in [4.69, 9.17) is 0 Å². The average molecular weight is 367 g/mol. The largest absolute Gasteiger partial charge is 0.311 e. The Hall–Kier alpha value is -1.46. The molecule has 1 heterocycles. The van der Waals surface area contributed by atoms with Crippen molar-refractivity contribution in [2.24, 2.45) is 18.4 Å². The number of alkyl halides is 2. The Kier molecular flexibility index (Phi) is 4.91. The van der Waals surface area contributed by atoms with Gasteiger partial charge in [-0.15, -0.1) is 0 Å². The van der Waals surface area contributed by atoms with Gasteiger partial charge in [-0.05, 0) is 30.1 Å². The van der Waals surface area contributed by atoms with Crippen molar-refractivity contribution in [3.8, 4) is 0 Å². The average Bonchev–Trinajstić information content (AvgIpc) is 2.69. The van der Waals surface area contributed by atoms with Crippen molar-refractivity contribution in [3.63, 3.8) is 0 Å². The standard InChI is InChI=1S/C20H31F2N3O/c1-12(14-9-20(21,22)10-14)17-16(13-7-6-8-13)18(25(5)24-17)23-15(26)11-19(2,3)4/h12-14H,6-11H2,1-5H3,(H,23,26)/t12-/m1/s1. The third-order valence-corrected chi connectivity index (χ3v) is 5.83. The summed E-state index contributed by atoms with van der Waals surface area (Å²) in [6.07, 6.45) is 3.65. The quantitative estimate of drug-likeness (QED) is 0.776. The highest BCUT2D eigenvalue weighted by Crippen LogP contribution is 2.51. The number of hydrogen-bond donors (Lipinski definition) is 1. The van der Waals surface area contributed by atoms with Gasteiger partial charge in [0.1, 0.15) is 5.82 Å². The Morgan fingerprint density at radius 2 is 1.96 bits per heavy atom. The number of carbonyl (C=O) groups excluding carboxylic acids is 1. The molecule has 0 radical (unpaired) electrons. The predicted molar refractivity (Wildman–Crippen MR) is 98.6 cm³/mol. The predicted octanol–water partition coefficient (Wildman–Crippen LogP) is 5.21. The number of aryl methyl sites for hydroxylation is 1. The summed E-state index contributed by atoms with van der Waals surface area (Å²) in [4.78, 5) is 12.5. The number of amides is 1. The Labute approximate surface area is 154 Å². The number of aromatic nitrogens is 2. The highest BCUT2D eigenvalue weighted by Gasteiger charge is 2.49. The topological polar surface area (TPSA) is 46.9 Å². The van der Waals surface area contributed by atoms with Crippen LogP contribution in [0.2, 0.25) is 0 Å². The minimum Gasteiger partial charge on any atom is -0.311 e. The summed E-state index contributed by atoms with van der Waals surface area (Å²) < 4.78 is 28.4. The lowest BCUT2D eigenvalue weighted by atomic mass is 9.70. The second kappa shape index (κ2) is 6.61. The molecule has 0 saturated heterocycles. The first-order chi connectivity index (χ1) is 12.0. The van der Waals surface area contributed by atoms with Gasteiger partial charge < -0.3 is 5.32 Å². The van der Waals surface area contributed by atoms with Gasteiger partial charge in [0.2, 0.25) is 11.8 Å². The molecule has 146 valence electrons. The van der Waals surface area contributed by atoms with Gasteiger partial charge in [-0.2, -0.15) is 5.10 Å². The molecule has 0 aromatic carbocycles. The molecule has 0 aliphatic heterocycles. The molecular weight excluding hydrogens is 336 g/mol. The number of anilines is 1. The Morgan fingerprint density at radius 3 is 2.42 bits per heavy atom. The first-order valence-electron chi connectivity index (χ1n) is 9.71. The normalized spacial score (nSPS) is 21.8. The lowest BCUT2D eigenvalue weighted by Gasteiger charge is -2.39. The van der Waals surface area contributed by atoms with E-state index in [2.05, 4.69) is 10.4 Å². The van der Waals surface area contributed by atoms with Crippen molar-refractivity contribution >= 4 is 11.7 Å². The second-order valence-electron chi connectivity index (χ2n) is 9.50. The number of carbonyl (C=O) groups is 1. The summed E-state index contributed by atoms with van der Waals surface area (Å²) in [7, 11) is 1.83. The SMILES string of the molecule is C[C@@H](c1nn(C)c(NC(=O)CC(C)(C)C)c1C1CCC1)C1CC(F)(F)C1. The van der Waals surface area contributed by atoms with Crippen molar-refractivity contribution in [1.29, 1.82) is 0 Å². The second-order valence-corrected chi connectivity index (χ2v) is 9.50. The van der Waals surface area contributed by atoms with Crippen LogP contribution in [0.3, 0.4) is 0 Å². The van der Waals surface area contributed by atoms with E-state index in [1.807, 2.05) is 34.7 Å². The molecule has 2 aliphatic carbocycles. The van der Waals surface area contributed by atoms with E-state index in [0.29, 0.717) is 12.3 Å². The van der Waals surface area contributed by atoms with E-state index in [9.17, 15) is 13.6 Å². The van der Waals surface area contributed by atoms with Gasteiger partial charge in [-0.3, -0.25) is 9.48 Å². The summed E-state index contributed by atoms with van der Waals surface area (Å²) in [6.45, 7) is 8.11. The fourth-order valence-electron chi connectivity index (χ4n) is 4.09. The number of hydrogen-bond acceptors (Lipinski definition) is 2. The van der Waals surface area contributed by atoms with Crippen LogP contribution in [0.15, 0.2) is 0 Å². The number of nitrogens with zero attached hydrogens (tertiary/aromatic N) is 2. The van der Waals surface area contributed by atoms with Gasteiger partial charge in [0, 0.05) is 37.8 Å². The number of halogens is 2. The molecule has 1 aromatic heterocycles. The third kappa shape index (κ3) is 3.94. The zero-order valence-corrected chi connectivity index (χ0v) is 16.5. The Morgan fingerprint density at radius 1 is 1.35 bits per heavy atom. The van der Waals surface area contributed by atoms with E-state index >= 15 is 0 Å². The zero-order valence-electron chi connectivity index (χ0n) is 16.5. The van der Waals surface area contributed by atoms with Gasteiger partial charge in [-0.1, -0.05) is 34.1 Å². The minimum atomic E-state index is -2.52. The summed E-state index contributed by atoms with van der Waals surface area (Å²) in [5.41, 5.74) is 1.90. The number of rotatable bonds is 5. The van der Waals surface area contributed by atoms with Crippen molar-refractivity contribution in [1.82, 2.24) is 9.78 Å². The Balaban J connectivity index is 1.85. The lowest BCUT2D eigenvalue weighted by molar-refractivity contribution is -0.118. The summed E-state index contributed by atoms with van der Waals surface area (Å²) in [6, 6.07) is 0. The van der Waals surface area contributed by atoms with Crippen LogP contribution in [0, 0.1) is 11.3 Å². The van der Waals surface area contributed by atoms with Crippen LogP contribution < -0.4 is 5.32 Å². The molecule has 1 N–H and O–H groups in total. The van der Waals surface area contributed by atoms with E-state index < -0.39 is 5.92 Å². The molecule has 6 heteroatoms. The van der Waals surface area contributed by atoms with Crippen LogP contribution in [0.4, 0.5) is 14.6 Å². The van der Waals surface area contributed by atoms with E-state index in [1.54, 1.807) is 4.68 Å². The summed E-state index contributed by atoms with van der Waals surface area (Å²) in [5.74, 6) is -1.44. The molecule has 4 nitrogen and oxygen atoms in total.